The third-order valence-corrected chi connectivity index (χ3v) is 9.72. The highest BCUT2D eigenvalue weighted by Crippen LogP contribution is 2.37. The number of amides is 1. The molecule has 2 aliphatic rings. The molecule has 1 aromatic heterocycles. The number of rotatable bonds is 13. The minimum absolute atomic E-state index is 0.110. The predicted molar refractivity (Wildman–Crippen MR) is 191 cm³/mol. The number of methoxy groups -OCH3 is 1. The Morgan fingerprint density at radius 2 is 1.81 bits per heavy atom. The maximum absolute atomic E-state index is 13.4. The van der Waals surface area contributed by atoms with Gasteiger partial charge in [0.2, 0.25) is 0 Å². The van der Waals surface area contributed by atoms with Gasteiger partial charge in [-0.1, -0.05) is 36.1 Å². The predicted octanol–water partition coefficient (Wildman–Crippen LogP) is 6.23. The average molecular weight is 688 g/mol. The van der Waals surface area contributed by atoms with E-state index in [-0.39, 0.29) is 11.5 Å². The highest BCUT2D eigenvalue weighted by molar-refractivity contribution is 8.26. The number of benzene rings is 3. The summed E-state index contributed by atoms with van der Waals surface area (Å²) in [5, 5.41) is 10.4. The molecule has 1 amide bonds. The smallest absolute Gasteiger partial charge is 0.335 e. The summed E-state index contributed by atoms with van der Waals surface area (Å²) in [5.41, 5.74) is 5.21. The fourth-order valence-electron chi connectivity index (χ4n) is 5.69. The first-order chi connectivity index (χ1) is 23.3. The van der Waals surface area contributed by atoms with Crippen molar-refractivity contribution in [3.8, 4) is 28.4 Å². The number of carbonyl (C=O) groups excluding carboxylic acids is 1. The number of aromatic carboxylic acids is 1. The summed E-state index contributed by atoms with van der Waals surface area (Å²) in [5.74, 6) is 0.359. The van der Waals surface area contributed by atoms with Crippen molar-refractivity contribution in [2.75, 3.05) is 59.7 Å². The molecule has 3 heterocycles. The molecule has 12 heteroatoms. The number of thiocarbonyl (C=S) groups is 1. The molecule has 0 bridgehead atoms. The fraction of sp³-hybridized carbons (Fsp3) is 0.306. The molecular weight excluding hydrogens is 651 g/mol. The molecule has 0 saturated carbocycles. The van der Waals surface area contributed by atoms with Crippen LogP contribution in [0.4, 0.5) is 0 Å². The van der Waals surface area contributed by atoms with E-state index in [0.717, 1.165) is 66.2 Å². The van der Waals surface area contributed by atoms with Gasteiger partial charge in [-0.15, -0.1) is 0 Å². The topological polar surface area (TPSA) is 114 Å². The number of carboxylic acids is 1. The number of H-pyrrole nitrogens is 1. The van der Waals surface area contributed by atoms with Gasteiger partial charge in [-0.25, -0.2) is 4.79 Å². The van der Waals surface area contributed by atoms with E-state index in [1.54, 1.807) is 11.0 Å². The van der Waals surface area contributed by atoms with Crippen LogP contribution >= 0.6 is 24.0 Å². The number of morpholine rings is 1. The van der Waals surface area contributed by atoms with Crippen molar-refractivity contribution in [1.29, 1.82) is 0 Å². The second-order valence-electron chi connectivity index (χ2n) is 11.5. The number of hydrogen-bond donors (Lipinski definition) is 2. The highest BCUT2D eigenvalue weighted by atomic mass is 32.2. The van der Waals surface area contributed by atoms with Crippen molar-refractivity contribution in [2.24, 2.45) is 0 Å². The summed E-state index contributed by atoms with van der Waals surface area (Å²) in [4.78, 5) is 32.5. The van der Waals surface area contributed by atoms with Gasteiger partial charge < -0.3 is 29.0 Å². The zero-order chi connectivity index (χ0) is 33.6. The van der Waals surface area contributed by atoms with Gasteiger partial charge in [0, 0.05) is 48.8 Å². The molecular formula is C36H37N3O7S2. The molecule has 0 unspecified atom stereocenters. The van der Waals surface area contributed by atoms with Gasteiger partial charge in [0.05, 0.1) is 37.4 Å². The molecule has 48 heavy (non-hydrogen) atoms. The Hall–Kier alpha value is -4.36. The van der Waals surface area contributed by atoms with Gasteiger partial charge in [0.1, 0.15) is 16.7 Å². The third kappa shape index (κ3) is 7.68. The first-order valence-corrected chi connectivity index (χ1v) is 17.0. The van der Waals surface area contributed by atoms with E-state index in [0.29, 0.717) is 46.9 Å². The van der Waals surface area contributed by atoms with Crippen LogP contribution in [0.5, 0.6) is 17.2 Å². The molecule has 3 aromatic carbocycles. The van der Waals surface area contributed by atoms with Gasteiger partial charge in [0.15, 0.2) is 11.5 Å². The Morgan fingerprint density at radius 1 is 1.02 bits per heavy atom. The second-order valence-corrected chi connectivity index (χ2v) is 13.2. The minimum atomic E-state index is -1.05. The van der Waals surface area contributed by atoms with E-state index < -0.39 is 5.97 Å². The molecule has 250 valence electrons. The maximum atomic E-state index is 13.4. The summed E-state index contributed by atoms with van der Waals surface area (Å²) in [6.45, 7) is 7.43. The zero-order valence-electron chi connectivity index (χ0n) is 26.8. The lowest BCUT2D eigenvalue weighted by atomic mass is 9.99. The van der Waals surface area contributed by atoms with Crippen LogP contribution in [0.25, 0.3) is 28.1 Å². The number of hydrogen-bond acceptors (Lipinski definition) is 9. The number of ether oxygens (including phenoxy) is 4. The standard InChI is InChI=1S/C36H37N3O7S2/c1-23-22-37-29-7-5-25(20-27(23)29)28-18-24(4-8-30(28)46-17-13-38-11-15-44-16-12-38)19-33-34(40)39(36(47)48-33)10-3-14-45-31-9-6-26(35(41)42)21-32(31)43-2/h4-9,18-22,37H,3,10-17H2,1-2H3,(H,41,42). The summed E-state index contributed by atoms with van der Waals surface area (Å²) < 4.78 is 23.4. The molecule has 0 aliphatic carbocycles. The van der Waals surface area contributed by atoms with E-state index >= 15 is 0 Å². The van der Waals surface area contributed by atoms with Gasteiger partial charge >= 0.3 is 5.97 Å². The van der Waals surface area contributed by atoms with Crippen LogP contribution in [0, 0.1) is 6.92 Å². The van der Waals surface area contributed by atoms with Gasteiger partial charge in [-0.2, -0.15) is 0 Å². The number of aromatic amines is 1. The quantitative estimate of drug-likeness (QED) is 0.0953. The fourth-order valence-corrected chi connectivity index (χ4v) is 7.00. The Balaban J connectivity index is 1.15. The third-order valence-electron chi connectivity index (χ3n) is 8.34. The van der Waals surface area contributed by atoms with E-state index in [4.69, 9.17) is 31.2 Å². The molecule has 0 spiro atoms. The normalized spacial score (nSPS) is 16.2. The molecule has 0 atom stereocenters. The number of aromatic nitrogens is 1. The largest absolute Gasteiger partial charge is 0.493 e. The van der Waals surface area contributed by atoms with Crippen molar-refractivity contribution in [3.63, 3.8) is 0 Å². The van der Waals surface area contributed by atoms with Crippen LogP contribution in [0.3, 0.4) is 0 Å². The molecule has 4 aromatic rings. The number of carbonyl (C=O) groups is 2. The van der Waals surface area contributed by atoms with Gasteiger partial charge in [0.25, 0.3) is 5.91 Å². The number of fused-ring (bicyclic) bond motifs is 1. The Labute approximate surface area is 288 Å². The second kappa shape index (κ2) is 15.2. The Bertz CT molecular complexity index is 1870. The molecule has 2 saturated heterocycles. The maximum Gasteiger partial charge on any atom is 0.335 e. The molecule has 0 radical (unpaired) electrons. The van der Waals surface area contributed by atoms with Gasteiger partial charge in [-0.05, 0) is 78.6 Å². The van der Waals surface area contributed by atoms with E-state index in [1.807, 2.05) is 24.4 Å². The van der Waals surface area contributed by atoms with Crippen molar-refractivity contribution in [1.82, 2.24) is 14.8 Å². The summed E-state index contributed by atoms with van der Waals surface area (Å²) >= 11 is 6.86. The number of nitrogens with one attached hydrogen (secondary N) is 1. The zero-order valence-corrected chi connectivity index (χ0v) is 28.5. The van der Waals surface area contributed by atoms with Crippen LogP contribution in [-0.4, -0.2) is 95.8 Å². The van der Waals surface area contributed by atoms with Crippen molar-refractivity contribution in [3.05, 3.63) is 82.4 Å². The molecule has 10 nitrogen and oxygen atoms in total. The summed E-state index contributed by atoms with van der Waals surface area (Å²) in [6, 6.07) is 16.8. The van der Waals surface area contributed by atoms with E-state index in [2.05, 4.69) is 41.1 Å². The number of aryl methyl sites for hydroxylation is 1. The average Bonchev–Trinajstić information content (AvgIpc) is 3.60. The lowest BCUT2D eigenvalue weighted by Crippen LogP contribution is -2.38. The van der Waals surface area contributed by atoms with Crippen LogP contribution in [0.2, 0.25) is 0 Å². The lowest BCUT2D eigenvalue weighted by Gasteiger charge is -2.26. The SMILES string of the molecule is COc1cc(C(=O)O)ccc1OCCCN1C(=O)C(=Cc2ccc(OCCN3CCOCC3)c(-c3ccc4[nH]cc(C)c4c3)c2)SC1=S. The highest BCUT2D eigenvalue weighted by Gasteiger charge is 2.31. The summed E-state index contributed by atoms with van der Waals surface area (Å²) in [7, 11) is 1.46. The molecule has 2 N–H and O–H groups in total. The van der Waals surface area contributed by atoms with Crippen molar-refractivity contribution in [2.45, 2.75) is 13.3 Å². The number of nitrogens with zero attached hydrogens (tertiary/aromatic N) is 2. The number of carboxylic acid groups (broad SMARTS) is 1. The lowest BCUT2D eigenvalue weighted by molar-refractivity contribution is -0.122. The van der Waals surface area contributed by atoms with Crippen LogP contribution in [0.1, 0.15) is 27.9 Å². The molecule has 6 rings (SSSR count). The monoisotopic (exact) mass is 687 g/mol. The van der Waals surface area contributed by atoms with Crippen LogP contribution in [0.15, 0.2) is 65.7 Å². The van der Waals surface area contributed by atoms with Gasteiger partial charge in [-0.3, -0.25) is 14.6 Å². The minimum Gasteiger partial charge on any atom is -0.493 e. The Morgan fingerprint density at radius 3 is 2.60 bits per heavy atom. The van der Waals surface area contributed by atoms with Crippen LogP contribution in [-0.2, 0) is 9.53 Å². The first-order valence-electron chi connectivity index (χ1n) is 15.8. The number of thioether (sulfide) groups is 1. The van der Waals surface area contributed by atoms with E-state index in [1.165, 1.54) is 36.6 Å². The Kier molecular flexibility index (Phi) is 10.7. The summed E-state index contributed by atoms with van der Waals surface area (Å²) in [6.07, 6.45) is 4.41. The van der Waals surface area contributed by atoms with Crippen LogP contribution < -0.4 is 14.2 Å². The van der Waals surface area contributed by atoms with E-state index in [9.17, 15) is 14.7 Å². The van der Waals surface area contributed by atoms with Crippen molar-refractivity contribution >= 4 is 57.2 Å². The molecule has 2 fully saturated rings. The van der Waals surface area contributed by atoms with Crippen molar-refractivity contribution < 1.29 is 33.6 Å². The molecule has 2 aliphatic heterocycles. The first kappa shape index (κ1) is 33.5.